The molecule has 0 heterocycles. The summed E-state index contributed by atoms with van der Waals surface area (Å²) in [6.07, 6.45) is 0. The smallest absolute Gasteiger partial charge is 0.0750 e. The number of rotatable bonds is 5. The molecule has 0 atom stereocenters. The van der Waals surface area contributed by atoms with Gasteiger partial charge in [0.15, 0.2) is 0 Å². The van der Waals surface area contributed by atoms with Gasteiger partial charge in [-0.1, -0.05) is 20.8 Å². The van der Waals surface area contributed by atoms with E-state index in [1.54, 1.807) is 0 Å². The first-order valence-corrected chi connectivity index (χ1v) is 5.11. The molecule has 0 aromatic carbocycles. The molecule has 0 spiro atoms. The van der Waals surface area contributed by atoms with Gasteiger partial charge in [0.05, 0.1) is 5.60 Å². The summed E-state index contributed by atoms with van der Waals surface area (Å²) in [7, 11) is 0. The second-order valence-corrected chi connectivity index (χ2v) is 5.36. The third-order valence-electron chi connectivity index (χ3n) is 1.74. The molecule has 0 fully saturated rings. The van der Waals surface area contributed by atoms with Crippen molar-refractivity contribution in [2.45, 2.75) is 47.1 Å². The van der Waals surface area contributed by atoms with E-state index in [4.69, 9.17) is 4.74 Å². The lowest BCUT2D eigenvalue weighted by molar-refractivity contribution is -0.00978. The van der Waals surface area contributed by atoms with E-state index in [-0.39, 0.29) is 5.60 Å². The van der Waals surface area contributed by atoms with Gasteiger partial charge in [-0.05, 0) is 26.2 Å². The Bertz CT molecular complexity index is 136. The number of hydrogen-bond acceptors (Lipinski definition) is 2. The highest BCUT2D eigenvalue weighted by Crippen LogP contribution is 2.12. The normalized spacial score (nSPS) is 13.4. The third kappa shape index (κ3) is 8.26. The van der Waals surface area contributed by atoms with Crippen LogP contribution in [0, 0.1) is 5.41 Å². The molecule has 80 valence electrons. The molecule has 0 saturated heterocycles. The maximum absolute atomic E-state index is 5.58. The second kappa shape index (κ2) is 4.97. The maximum Gasteiger partial charge on any atom is 0.0750 e. The van der Waals surface area contributed by atoms with E-state index in [0.717, 1.165) is 19.7 Å². The maximum atomic E-state index is 5.58. The van der Waals surface area contributed by atoms with E-state index in [9.17, 15) is 0 Å². The van der Waals surface area contributed by atoms with Crippen molar-refractivity contribution in [1.29, 1.82) is 0 Å². The first kappa shape index (κ1) is 12.9. The average molecular weight is 187 g/mol. The fourth-order valence-electron chi connectivity index (χ4n) is 1.18. The van der Waals surface area contributed by atoms with Crippen LogP contribution in [-0.4, -0.2) is 25.3 Å². The molecule has 0 aromatic rings. The molecule has 0 aromatic heterocycles. The minimum atomic E-state index is -0.0417. The second-order valence-electron chi connectivity index (χ2n) is 5.36. The van der Waals surface area contributed by atoms with Crippen molar-refractivity contribution in [1.82, 2.24) is 5.32 Å². The summed E-state index contributed by atoms with van der Waals surface area (Å²) in [5, 5.41) is 3.43. The Balaban J connectivity index is 3.63. The van der Waals surface area contributed by atoms with Crippen LogP contribution < -0.4 is 5.32 Å². The van der Waals surface area contributed by atoms with Crippen molar-refractivity contribution < 1.29 is 4.74 Å². The summed E-state index contributed by atoms with van der Waals surface area (Å²) < 4.78 is 5.58. The van der Waals surface area contributed by atoms with E-state index in [1.807, 2.05) is 6.92 Å². The van der Waals surface area contributed by atoms with E-state index in [1.165, 1.54) is 0 Å². The molecule has 0 aliphatic carbocycles. The highest BCUT2D eigenvalue weighted by Gasteiger charge is 2.18. The molecular formula is C11H25NO. The largest absolute Gasteiger partial charge is 0.375 e. The van der Waals surface area contributed by atoms with Gasteiger partial charge in [0.2, 0.25) is 0 Å². The Labute approximate surface area is 83.1 Å². The zero-order valence-electron chi connectivity index (χ0n) is 10.0. The summed E-state index contributed by atoms with van der Waals surface area (Å²) in [5.74, 6) is 0. The summed E-state index contributed by atoms with van der Waals surface area (Å²) in [5.41, 5.74) is 0.308. The molecule has 1 N–H and O–H groups in total. The highest BCUT2D eigenvalue weighted by atomic mass is 16.5. The molecule has 0 radical (unpaired) electrons. The lowest BCUT2D eigenvalue weighted by Gasteiger charge is -2.27. The average Bonchev–Trinajstić information content (AvgIpc) is 1.82. The Morgan fingerprint density at radius 1 is 1.00 bits per heavy atom. The molecule has 0 amide bonds. The summed E-state index contributed by atoms with van der Waals surface area (Å²) >= 11 is 0. The van der Waals surface area contributed by atoms with Crippen LogP contribution in [0.1, 0.15) is 41.5 Å². The van der Waals surface area contributed by atoms with E-state index in [0.29, 0.717) is 5.41 Å². The Hall–Kier alpha value is -0.0800. The monoisotopic (exact) mass is 187 g/mol. The molecular weight excluding hydrogens is 162 g/mol. The van der Waals surface area contributed by atoms with Crippen LogP contribution in [0.2, 0.25) is 0 Å². The fourth-order valence-corrected chi connectivity index (χ4v) is 1.18. The van der Waals surface area contributed by atoms with Crippen molar-refractivity contribution in [3.63, 3.8) is 0 Å². The van der Waals surface area contributed by atoms with Crippen LogP contribution in [0.15, 0.2) is 0 Å². The van der Waals surface area contributed by atoms with Gasteiger partial charge in [0, 0.05) is 19.7 Å². The molecule has 0 bridgehead atoms. The van der Waals surface area contributed by atoms with Crippen LogP contribution in [0.5, 0.6) is 0 Å². The van der Waals surface area contributed by atoms with Crippen molar-refractivity contribution in [2.24, 2.45) is 5.41 Å². The van der Waals surface area contributed by atoms with E-state index in [2.05, 4.69) is 39.9 Å². The molecule has 2 nitrogen and oxygen atoms in total. The predicted molar refractivity (Wildman–Crippen MR) is 58.0 cm³/mol. The van der Waals surface area contributed by atoms with Gasteiger partial charge in [-0.15, -0.1) is 0 Å². The number of hydrogen-bond donors (Lipinski definition) is 1. The highest BCUT2D eigenvalue weighted by molar-refractivity contribution is 4.74. The van der Waals surface area contributed by atoms with Gasteiger partial charge >= 0.3 is 0 Å². The van der Waals surface area contributed by atoms with Gasteiger partial charge in [-0.3, -0.25) is 0 Å². The van der Waals surface area contributed by atoms with Crippen LogP contribution in [0.3, 0.4) is 0 Å². The Morgan fingerprint density at radius 3 is 1.92 bits per heavy atom. The lowest BCUT2D eigenvalue weighted by atomic mass is 9.96. The third-order valence-corrected chi connectivity index (χ3v) is 1.74. The number of ether oxygens (including phenoxy) is 1. The molecule has 0 aliphatic heterocycles. The van der Waals surface area contributed by atoms with Gasteiger partial charge in [0.1, 0.15) is 0 Å². The molecule has 2 heteroatoms. The minimum absolute atomic E-state index is 0.0417. The Kier molecular flexibility index (Phi) is 4.93. The van der Waals surface area contributed by atoms with Crippen LogP contribution >= 0.6 is 0 Å². The first-order valence-electron chi connectivity index (χ1n) is 5.11. The van der Waals surface area contributed by atoms with Gasteiger partial charge in [-0.25, -0.2) is 0 Å². The zero-order valence-corrected chi connectivity index (χ0v) is 10.0. The summed E-state index contributed by atoms with van der Waals surface area (Å²) in [6.45, 7) is 15.7. The van der Waals surface area contributed by atoms with Gasteiger partial charge in [0.25, 0.3) is 0 Å². The van der Waals surface area contributed by atoms with Gasteiger partial charge in [-0.2, -0.15) is 0 Å². The fraction of sp³-hybridized carbons (Fsp3) is 1.00. The molecule has 0 unspecified atom stereocenters. The molecule has 0 rings (SSSR count). The minimum Gasteiger partial charge on any atom is -0.375 e. The predicted octanol–water partition coefficient (Wildman–Crippen LogP) is 2.44. The topological polar surface area (TPSA) is 21.3 Å². The standard InChI is InChI=1S/C11H25NO/c1-7-13-11(5,6)9-12-8-10(2,3)4/h12H,7-9H2,1-6H3. The van der Waals surface area contributed by atoms with Gasteiger partial charge < -0.3 is 10.1 Å². The number of nitrogens with one attached hydrogen (secondary N) is 1. The van der Waals surface area contributed by atoms with Crippen molar-refractivity contribution in [3.05, 3.63) is 0 Å². The van der Waals surface area contributed by atoms with Crippen molar-refractivity contribution >= 4 is 0 Å². The lowest BCUT2D eigenvalue weighted by Crippen LogP contribution is -2.40. The van der Waals surface area contributed by atoms with Crippen molar-refractivity contribution in [2.75, 3.05) is 19.7 Å². The zero-order chi connectivity index (χ0) is 10.5. The first-order chi connectivity index (χ1) is 5.77. The van der Waals surface area contributed by atoms with E-state index >= 15 is 0 Å². The van der Waals surface area contributed by atoms with Crippen LogP contribution in [-0.2, 0) is 4.74 Å². The van der Waals surface area contributed by atoms with E-state index < -0.39 is 0 Å². The SMILES string of the molecule is CCOC(C)(C)CNCC(C)(C)C. The Morgan fingerprint density at radius 2 is 1.54 bits per heavy atom. The molecule has 0 saturated carbocycles. The summed E-state index contributed by atoms with van der Waals surface area (Å²) in [6, 6.07) is 0. The quantitative estimate of drug-likeness (QED) is 0.714. The molecule has 13 heavy (non-hydrogen) atoms. The van der Waals surface area contributed by atoms with Crippen LogP contribution in [0.4, 0.5) is 0 Å². The molecule has 0 aliphatic rings. The van der Waals surface area contributed by atoms with Crippen molar-refractivity contribution in [3.8, 4) is 0 Å². The van der Waals surface area contributed by atoms with Crippen LogP contribution in [0.25, 0.3) is 0 Å². The summed E-state index contributed by atoms with van der Waals surface area (Å²) in [4.78, 5) is 0.